The van der Waals surface area contributed by atoms with Gasteiger partial charge in [-0.05, 0) is 64.0 Å². The number of nitrogens with zero attached hydrogens (tertiary/aromatic N) is 1. The van der Waals surface area contributed by atoms with Crippen LogP contribution < -0.4 is 0 Å². The molecule has 0 radical (unpaired) electrons. The van der Waals surface area contributed by atoms with Crippen molar-refractivity contribution in [2.24, 2.45) is 0 Å². The molecule has 0 bridgehead atoms. The standard InChI is InChI=1S/C20H29NO2S/c1-3-4-8-18-9-7-15-20(18)14-5-6-16-21(20)24(22,23)19-12-10-17(2)11-13-19/h9-13H,3-8,14-16H2,1-2H3. The Labute approximate surface area is 146 Å². The molecular formula is C20H29NO2S. The third-order valence-electron chi connectivity index (χ3n) is 5.63. The third-order valence-corrected chi connectivity index (χ3v) is 7.61. The lowest BCUT2D eigenvalue weighted by atomic mass is 9.81. The van der Waals surface area contributed by atoms with Gasteiger partial charge in [-0.2, -0.15) is 4.31 Å². The number of allylic oxidation sites excluding steroid dienone is 1. The molecule has 1 aliphatic heterocycles. The number of hydrogen-bond acceptors (Lipinski definition) is 2. The van der Waals surface area contributed by atoms with Gasteiger partial charge in [0.15, 0.2) is 0 Å². The summed E-state index contributed by atoms with van der Waals surface area (Å²) in [6, 6.07) is 7.31. The van der Waals surface area contributed by atoms with Crippen LogP contribution in [0.25, 0.3) is 0 Å². The lowest BCUT2D eigenvalue weighted by molar-refractivity contribution is 0.163. The van der Waals surface area contributed by atoms with E-state index in [1.54, 1.807) is 12.1 Å². The molecule has 1 heterocycles. The van der Waals surface area contributed by atoms with E-state index in [0.717, 1.165) is 56.9 Å². The molecule has 0 aromatic heterocycles. The molecule has 2 aliphatic rings. The second-order valence-electron chi connectivity index (χ2n) is 7.25. The van der Waals surface area contributed by atoms with Gasteiger partial charge in [-0.1, -0.05) is 42.7 Å². The molecule has 0 amide bonds. The van der Waals surface area contributed by atoms with Crippen LogP contribution in [0.1, 0.15) is 63.9 Å². The van der Waals surface area contributed by atoms with Gasteiger partial charge in [0.2, 0.25) is 10.0 Å². The smallest absolute Gasteiger partial charge is 0.207 e. The highest BCUT2D eigenvalue weighted by Crippen LogP contribution is 2.47. The normalized spacial score (nSPS) is 25.2. The molecule has 1 aliphatic carbocycles. The van der Waals surface area contributed by atoms with Gasteiger partial charge in [0, 0.05) is 6.54 Å². The number of unbranched alkanes of at least 4 members (excludes halogenated alkanes) is 1. The Kier molecular flexibility index (Phi) is 5.16. The molecule has 1 atom stereocenters. The summed E-state index contributed by atoms with van der Waals surface area (Å²) >= 11 is 0. The van der Waals surface area contributed by atoms with Crippen molar-refractivity contribution < 1.29 is 8.42 Å². The minimum atomic E-state index is -3.44. The fourth-order valence-corrected chi connectivity index (χ4v) is 6.17. The maximum atomic E-state index is 13.4. The van der Waals surface area contributed by atoms with Gasteiger partial charge in [-0.25, -0.2) is 8.42 Å². The lowest BCUT2D eigenvalue weighted by Gasteiger charge is -2.46. The van der Waals surface area contributed by atoms with Gasteiger partial charge in [-0.15, -0.1) is 0 Å². The molecular weight excluding hydrogens is 318 g/mol. The van der Waals surface area contributed by atoms with Gasteiger partial charge in [-0.3, -0.25) is 0 Å². The van der Waals surface area contributed by atoms with Crippen LogP contribution in [0.5, 0.6) is 0 Å². The monoisotopic (exact) mass is 347 g/mol. The summed E-state index contributed by atoms with van der Waals surface area (Å²) in [6.07, 6.45) is 10.7. The average molecular weight is 348 g/mol. The van der Waals surface area contributed by atoms with Gasteiger partial charge in [0.05, 0.1) is 10.4 Å². The molecule has 1 unspecified atom stereocenters. The predicted octanol–water partition coefficient (Wildman–Crippen LogP) is 4.82. The first kappa shape index (κ1) is 17.7. The zero-order valence-electron chi connectivity index (χ0n) is 14.9. The Hall–Kier alpha value is -1.13. The summed E-state index contributed by atoms with van der Waals surface area (Å²) in [6.45, 7) is 4.84. The molecule has 1 aromatic carbocycles. The molecule has 24 heavy (non-hydrogen) atoms. The molecule has 132 valence electrons. The maximum absolute atomic E-state index is 13.4. The highest BCUT2D eigenvalue weighted by Gasteiger charge is 2.48. The number of benzene rings is 1. The molecule has 4 heteroatoms. The van der Waals surface area contributed by atoms with Crippen molar-refractivity contribution in [1.29, 1.82) is 0 Å². The van der Waals surface area contributed by atoms with Crippen molar-refractivity contribution in [2.75, 3.05) is 6.54 Å². The van der Waals surface area contributed by atoms with E-state index in [9.17, 15) is 8.42 Å². The molecule has 1 aromatic rings. The Balaban J connectivity index is 1.98. The second kappa shape index (κ2) is 7.01. The Morgan fingerprint density at radius 1 is 1.12 bits per heavy atom. The van der Waals surface area contributed by atoms with E-state index < -0.39 is 10.0 Å². The summed E-state index contributed by atoms with van der Waals surface area (Å²) in [4.78, 5) is 0.441. The molecule has 1 saturated heterocycles. The van der Waals surface area contributed by atoms with Crippen LogP contribution in [0.2, 0.25) is 0 Å². The molecule has 0 N–H and O–H groups in total. The Bertz CT molecular complexity index is 706. The lowest BCUT2D eigenvalue weighted by Crippen LogP contribution is -2.54. The third kappa shape index (κ3) is 3.06. The van der Waals surface area contributed by atoms with E-state index in [1.165, 1.54) is 5.57 Å². The zero-order chi connectivity index (χ0) is 17.2. The van der Waals surface area contributed by atoms with E-state index in [4.69, 9.17) is 0 Å². The van der Waals surface area contributed by atoms with E-state index in [-0.39, 0.29) is 5.54 Å². The first-order chi connectivity index (χ1) is 11.5. The molecule has 3 rings (SSSR count). The zero-order valence-corrected chi connectivity index (χ0v) is 15.7. The Morgan fingerprint density at radius 2 is 1.88 bits per heavy atom. The molecule has 1 spiro atoms. The maximum Gasteiger partial charge on any atom is 0.243 e. The van der Waals surface area contributed by atoms with Crippen LogP contribution in [0, 0.1) is 6.92 Å². The van der Waals surface area contributed by atoms with Crippen molar-refractivity contribution in [1.82, 2.24) is 4.31 Å². The fraction of sp³-hybridized carbons (Fsp3) is 0.600. The molecule has 1 fully saturated rings. The molecule has 0 saturated carbocycles. The number of hydrogen-bond donors (Lipinski definition) is 0. The van der Waals surface area contributed by atoms with E-state index in [0.29, 0.717) is 11.4 Å². The van der Waals surface area contributed by atoms with Crippen LogP contribution in [-0.2, 0) is 10.0 Å². The van der Waals surface area contributed by atoms with Crippen LogP contribution in [0.4, 0.5) is 0 Å². The predicted molar refractivity (Wildman–Crippen MR) is 98.5 cm³/mol. The van der Waals surface area contributed by atoms with Crippen molar-refractivity contribution >= 4 is 10.0 Å². The first-order valence-electron chi connectivity index (χ1n) is 9.30. The number of sulfonamides is 1. The largest absolute Gasteiger partial charge is 0.243 e. The van der Waals surface area contributed by atoms with Crippen molar-refractivity contribution in [3.63, 3.8) is 0 Å². The van der Waals surface area contributed by atoms with Crippen LogP contribution in [-0.4, -0.2) is 24.8 Å². The SMILES string of the molecule is CCCCC1=CCCC12CCCCN2S(=O)(=O)c1ccc(C)cc1. The topological polar surface area (TPSA) is 37.4 Å². The van der Waals surface area contributed by atoms with E-state index in [2.05, 4.69) is 13.0 Å². The number of piperidine rings is 1. The van der Waals surface area contributed by atoms with Crippen LogP contribution in [0.3, 0.4) is 0 Å². The summed E-state index contributed by atoms with van der Waals surface area (Å²) in [5.74, 6) is 0. The van der Waals surface area contributed by atoms with Gasteiger partial charge >= 0.3 is 0 Å². The molecule has 3 nitrogen and oxygen atoms in total. The average Bonchev–Trinajstić information content (AvgIpc) is 2.96. The quantitative estimate of drug-likeness (QED) is 0.716. The minimum Gasteiger partial charge on any atom is -0.207 e. The summed E-state index contributed by atoms with van der Waals surface area (Å²) in [5, 5.41) is 0. The fourth-order valence-electron chi connectivity index (χ4n) is 4.31. The summed E-state index contributed by atoms with van der Waals surface area (Å²) < 4.78 is 28.6. The van der Waals surface area contributed by atoms with E-state index >= 15 is 0 Å². The van der Waals surface area contributed by atoms with Crippen molar-refractivity contribution in [3.8, 4) is 0 Å². The van der Waals surface area contributed by atoms with Crippen LogP contribution in [0.15, 0.2) is 40.8 Å². The highest BCUT2D eigenvalue weighted by molar-refractivity contribution is 7.89. The summed E-state index contributed by atoms with van der Waals surface area (Å²) in [5.41, 5.74) is 2.21. The van der Waals surface area contributed by atoms with Gasteiger partial charge < -0.3 is 0 Å². The van der Waals surface area contributed by atoms with Crippen molar-refractivity contribution in [2.45, 2.75) is 75.6 Å². The first-order valence-corrected chi connectivity index (χ1v) is 10.7. The van der Waals surface area contributed by atoms with E-state index in [1.807, 2.05) is 23.4 Å². The highest BCUT2D eigenvalue weighted by atomic mass is 32.2. The van der Waals surface area contributed by atoms with Crippen molar-refractivity contribution in [3.05, 3.63) is 41.5 Å². The Morgan fingerprint density at radius 3 is 2.58 bits per heavy atom. The minimum absolute atomic E-state index is 0.253. The number of rotatable bonds is 5. The van der Waals surface area contributed by atoms with Gasteiger partial charge in [0.1, 0.15) is 0 Å². The van der Waals surface area contributed by atoms with Gasteiger partial charge in [0.25, 0.3) is 0 Å². The van der Waals surface area contributed by atoms with Crippen LogP contribution >= 0.6 is 0 Å². The number of aryl methyl sites for hydroxylation is 1. The summed E-state index contributed by atoms with van der Waals surface area (Å²) in [7, 11) is -3.44. The second-order valence-corrected chi connectivity index (χ2v) is 9.11.